The zero-order chi connectivity index (χ0) is 13.0. The molecule has 2 aromatic rings. The average Bonchev–Trinajstić information content (AvgIpc) is 2.76. The molecular formula is C12H15ClN4O. The van der Waals surface area contributed by atoms with E-state index in [1.807, 2.05) is 25.2 Å². The van der Waals surface area contributed by atoms with Crippen molar-refractivity contribution >= 4 is 11.6 Å². The largest absolute Gasteiger partial charge is 0.485 e. The first kappa shape index (κ1) is 12.9. The SMILES string of the molecule is Cn1ncnc1COc1cccc(Cl)c1CCN. The number of ether oxygens (including phenoxy) is 1. The summed E-state index contributed by atoms with van der Waals surface area (Å²) in [7, 11) is 1.82. The van der Waals surface area contributed by atoms with Crippen LogP contribution in [-0.2, 0) is 20.1 Å². The van der Waals surface area contributed by atoms with Gasteiger partial charge in [-0.1, -0.05) is 17.7 Å². The Labute approximate surface area is 111 Å². The van der Waals surface area contributed by atoms with Crippen molar-refractivity contribution in [2.75, 3.05) is 6.54 Å². The Morgan fingerprint density at radius 1 is 1.44 bits per heavy atom. The number of nitrogens with two attached hydrogens (primary N) is 1. The zero-order valence-corrected chi connectivity index (χ0v) is 10.9. The molecule has 0 fully saturated rings. The fourth-order valence-corrected chi connectivity index (χ4v) is 1.91. The molecule has 96 valence electrons. The summed E-state index contributed by atoms with van der Waals surface area (Å²) in [6.45, 7) is 0.887. The monoisotopic (exact) mass is 266 g/mol. The third-order valence-electron chi connectivity index (χ3n) is 2.63. The Bertz CT molecular complexity index is 527. The van der Waals surface area contributed by atoms with Gasteiger partial charge in [-0.25, -0.2) is 4.98 Å². The van der Waals surface area contributed by atoms with Gasteiger partial charge < -0.3 is 10.5 Å². The Balaban J connectivity index is 2.14. The molecule has 5 nitrogen and oxygen atoms in total. The molecule has 0 aliphatic carbocycles. The first-order valence-corrected chi connectivity index (χ1v) is 6.03. The molecule has 1 aromatic heterocycles. The second-order valence-electron chi connectivity index (χ2n) is 3.84. The first-order chi connectivity index (χ1) is 8.72. The van der Waals surface area contributed by atoms with Crippen molar-refractivity contribution in [2.45, 2.75) is 13.0 Å². The van der Waals surface area contributed by atoms with E-state index in [0.717, 1.165) is 17.1 Å². The highest BCUT2D eigenvalue weighted by molar-refractivity contribution is 6.31. The summed E-state index contributed by atoms with van der Waals surface area (Å²) in [6, 6.07) is 5.57. The number of hydrogen-bond donors (Lipinski definition) is 1. The van der Waals surface area contributed by atoms with Crippen LogP contribution in [-0.4, -0.2) is 21.3 Å². The maximum absolute atomic E-state index is 6.13. The molecule has 1 aromatic carbocycles. The van der Waals surface area contributed by atoms with Gasteiger partial charge in [0.05, 0.1) is 0 Å². The smallest absolute Gasteiger partial charge is 0.164 e. The number of aromatic nitrogens is 3. The van der Waals surface area contributed by atoms with Crippen LogP contribution >= 0.6 is 11.6 Å². The van der Waals surface area contributed by atoms with E-state index in [2.05, 4.69) is 10.1 Å². The molecule has 0 aliphatic heterocycles. The minimum Gasteiger partial charge on any atom is -0.485 e. The molecule has 6 heteroatoms. The lowest BCUT2D eigenvalue weighted by Gasteiger charge is -2.11. The Morgan fingerprint density at radius 2 is 2.28 bits per heavy atom. The van der Waals surface area contributed by atoms with Gasteiger partial charge in [-0.3, -0.25) is 4.68 Å². The van der Waals surface area contributed by atoms with E-state index in [1.165, 1.54) is 6.33 Å². The number of halogens is 1. The molecule has 0 aliphatic rings. The molecule has 0 saturated carbocycles. The van der Waals surface area contributed by atoms with Crippen LogP contribution in [0.2, 0.25) is 5.02 Å². The Hall–Kier alpha value is -1.59. The van der Waals surface area contributed by atoms with Crippen LogP contribution in [0.4, 0.5) is 0 Å². The van der Waals surface area contributed by atoms with Gasteiger partial charge in [0.1, 0.15) is 18.7 Å². The van der Waals surface area contributed by atoms with Gasteiger partial charge in [0.25, 0.3) is 0 Å². The third-order valence-corrected chi connectivity index (χ3v) is 2.99. The zero-order valence-electron chi connectivity index (χ0n) is 10.1. The second kappa shape index (κ2) is 5.84. The lowest BCUT2D eigenvalue weighted by atomic mass is 10.1. The minimum absolute atomic E-state index is 0.356. The molecule has 0 bridgehead atoms. The number of nitrogens with zero attached hydrogens (tertiary/aromatic N) is 3. The number of hydrogen-bond acceptors (Lipinski definition) is 4. The number of aryl methyl sites for hydroxylation is 1. The molecule has 0 spiro atoms. The normalized spacial score (nSPS) is 10.6. The van der Waals surface area contributed by atoms with E-state index in [0.29, 0.717) is 24.6 Å². The van der Waals surface area contributed by atoms with Crippen LogP contribution in [0.1, 0.15) is 11.4 Å². The van der Waals surface area contributed by atoms with Crippen LogP contribution in [0.15, 0.2) is 24.5 Å². The van der Waals surface area contributed by atoms with E-state index in [9.17, 15) is 0 Å². The summed E-state index contributed by atoms with van der Waals surface area (Å²) < 4.78 is 7.41. The topological polar surface area (TPSA) is 66.0 Å². The fraction of sp³-hybridized carbons (Fsp3) is 0.333. The van der Waals surface area contributed by atoms with Gasteiger partial charge in [-0.15, -0.1) is 0 Å². The highest BCUT2D eigenvalue weighted by atomic mass is 35.5. The van der Waals surface area contributed by atoms with Gasteiger partial charge in [-0.05, 0) is 25.1 Å². The van der Waals surface area contributed by atoms with Crippen molar-refractivity contribution in [3.8, 4) is 5.75 Å². The van der Waals surface area contributed by atoms with Gasteiger partial charge in [0.15, 0.2) is 5.82 Å². The maximum atomic E-state index is 6.13. The Morgan fingerprint density at radius 3 is 2.94 bits per heavy atom. The van der Waals surface area contributed by atoms with Crippen molar-refractivity contribution in [3.05, 3.63) is 40.9 Å². The molecule has 0 radical (unpaired) electrons. The minimum atomic E-state index is 0.356. The summed E-state index contributed by atoms with van der Waals surface area (Å²) in [5.74, 6) is 1.50. The van der Waals surface area contributed by atoms with Crippen molar-refractivity contribution in [2.24, 2.45) is 12.8 Å². The predicted octanol–water partition coefficient (Wildman–Crippen LogP) is 1.55. The molecule has 0 amide bonds. The highest BCUT2D eigenvalue weighted by Crippen LogP contribution is 2.27. The van der Waals surface area contributed by atoms with Crippen LogP contribution in [0.25, 0.3) is 0 Å². The molecule has 0 atom stereocenters. The summed E-state index contributed by atoms with van der Waals surface area (Å²) in [5.41, 5.74) is 6.51. The molecule has 0 saturated heterocycles. The molecule has 2 N–H and O–H groups in total. The lowest BCUT2D eigenvalue weighted by molar-refractivity contribution is 0.287. The van der Waals surface area contributed by atoms with E-state index in [4.69, 9.17) is 22.1 Å². The Kier molecular flexibility index (Phi) is 4.17. The molecule has 18 heavy (non-hydrogen) atoms. The van der Waals surface area contributed by atoms with Crippen LogP contribution in [0, 0.1) is 0 Å². The van der Waals surface area contributed by atoms with Crippen molar-refractivity contribution in [3.63, 3.8) is 0 Å². The van der Waals surface area contributed by atoms with Gasteiger partial charge in [0.2, 0.25) is 0 Å². The standard InChI is InChI=1S/C12H15ClN4O/c1-17-12(15-8-16-17)7-18-11-4-2-3-10(13)9(11)5-6-14/h2-4,8H,5-7,14H2,1H3. The third kappa shape index (κ3) is 2.80. The first-order valence-electron chi connectivity index (χ1n) is 5.65. The van der Waals surface area contributed by atoms with Gasteiger partial charge in [0, 0.05) is 17.6 Å². The lowest BCUT2D eigenvalue weighted by Crippen LogP contribution is -2.08. The van der Waals surface area contributed by atoms with Crippen LogP contribution in [0.5, 0.6) is 5.75 Å². The average molecular weight is 267 g/mol. The van der Waals surface area contributed by atoms with Gasteiger partial charge >= 0.3 is 0 Å². The molecule has 1 heterocycles. The molecule has 0 unspecified atom stereocenters. The van der Waals surface area contributed by atoms with E-state index >= 15 is 0 Å². The van der Waals surface area contributed by atoms with E-state index in [1.54, 1.807) is 4.68 Å². The highest BCUT2D eigenvalue weighted by Gasteiger charge is 2.09. The van der Waals surface area contributed by atoms with E-state index < -0.39 is 0 Å². The van der Waals surface area contributed by atoms with Crippen molar-refractivity contribution < 1.29 is 4.74 Å². The molecular weight excluding hydrogens is 252 g/mol. The fourth-order valence-electron chi connectivity index (χ4n) is 1.65. The summed E-state index contributed by atoms with van der Waals surface area (Å²) in [4.78, 5) is 4.10. The summed E-state index contributed by atoms with van der Waals surface area (Å²) in [5, 5.41) is 4.66. The summed E-state index contributed by atoms with van der Waals surface area (Å²) in [6.07, 6.45) is 2.19. The second-order valence-corrected chi connectivity index (χ2v) is 4.25. The van der Waals surface area contributed by atoms with Gasteiger partial charge in [-0.2, -0.15) is 5.10 Å². The summed E-state index contributed by atoms with van der Waals surface area (Å²) >= 11 is 6.13. The van der Waals surface area contributed by atoms with Crippen LogP contribution in [0.3, 0.4) is 0 Å². The maximum Gasteiger partial charge on any atom is 0.164 e. The predicted molar refractivity (Wildman–Crippen MR) is 69.5 cm³/mol. The number of benzene rings is 1. The van der Waals surface area contributed by atoms with Crippen LogP contribution < -0.4 is 10.5 Å². The molecule has 2 rings (SSSR count). The number of rotatable bonds is 5. The van der Waals surface area contributed by atoms with Crippen molar-refractivity contribution in [1.29, 1.82) is 0 Å². The van der Waals surface area contributed by atoms with Crippen molar-refractivity contribution in [1.82, 2.24) is 14.8 Å². The quantitative estimate of drug-likeness (QED) is 0.892. The van der Waals surface area contributed by atoms with E-state index in [-0.39, 0.29) is 0 Å².